The number of primary amides is 1. The largest absolute Gasteiger partial charge is 0.440 e. The van der Waals surface area contributed by atoms with E-state index in [1.165, 1.54) is 19.2 Å². The third kappa shape index (κ3) is 5.17. The van der Waals surface area contributed by atoms with Gasteiger partial charge in [-0.05, 0) is 17.7 Å². The summed E-state index contributed by atoms with van der Waals surface area (Å²) >= 11 is 0. The van der Waals surface area contributed by atoms with Crippen molar-refractivity contribution in [3.8, 4) is 0 Å². The Hall–Kier alpha value is -2.25. The molecule has 0 spiro atoms. The predicted molar refractivity (Wildman–Crippen MR) is 63.8 cm³/mol. The lowest BCUT2D eigenvalue weighted by Gasteiger charge is -2.17. The van der Waals surface area contributed by atoms with E-state index in [4.69, 9.17) is 5.73 Å². The maximum absolute atomic E-state index is 11.9. The summed E-state index contributed by atoms with van der Waals surface area (Å²) in [5, 5.41) is 0. The van der Waals surface area contributed by atoms with Crippen molar-refractivity contribution in [2.24, 2.45) is 5.73 Å². The zero-order valence-corrected chi connectivity index (χ0v) is 10.6. The van der Waals surface area contributed by atoms with E-state index in [9.17, 15) is 22.8 Å². The van der Waals surface area contributed by atoms with Crippen LogP contribution in [0.5, 0.6) is 0 Å². The first-order valence-electron chi connectivity index (χ1n) is 5.52. The highest BCUT2D eigenvalue weighted by atomic mass is 19.4. The Morgan fingerprint density at radius 1 is 1.25 bits per heavy atom. The van der Waals surface area contributed by atoms with E-state index in [-0.39, 0.29) is 6.54 Å². The number of ether oxygens (including phenoxy) is 1. The van der Waals surface area contributed by atoms with Gasteiger partial charge in [0, 0.05) is 19.2 Å². The number of carbonyl (C=O) groups is 2. The molecule has 0 aromatic heterocycles. The molecule has 0 radical (unpaired) electrons. The predicted octanol–water partition coefficient (Wildman–Crippen LogP) is 1.92. The monoisotopic (exact) mass is 290 g/mol. The standard InChI is InChI=1S/C12H13F3N2O3/c1-17(11(19)20-7-12(13,14)15)6-8-2-4-9(5-3-8)10(16)18/h2-5H,6-7H2,1H3,(H2,16,18). The highest BCUT2D eigenvalue weighted by molar-refractivity contribution is 5.92. The fraction of sp³-hybridized carbons (Fsp3) is 0.333. The van der Waals surface area contributed by atoms with Crippen LogP contribution in [0.3, 0.4) is 0 Å². The number of benzene rings is 1. The molecule has 2 N–H and O–H groups in total. The second kappa shape index (κ2) is 6.27. The number of amides is 2. The van der Waals surface area contributed by atoms with Gasteiger partial charge < -0.3 is 15.4 Å². The third-order valence-corrected chi connectivity index (χ3v) is 2.33. The lowest BCUT2D eigenvalue weighted by Crippen LogP contribution is -2.30. The second-order valence-electron chi connectivity index (χ2n) is 4.09. The van der Waals surface area contributed by atoms with Crippen molar-refractivity contribution in [1.82, 2.24) is 4.90 Å². The lowest BCUT2D eigenvalue weighted by atomic mass is 10.1. The number of nitrogens with zero attached hydrogens (tertiary/aromatic N) is 1. The van der Waals surface area contributed by atoms with Crippen LogP contribution in [0.15, 0.2) is 24.3 Å². The van der Waals surface area contributed by atoms with Gasteiger partial charge in [0.05, 0.1) is 0 Å². The molecule has 2 amide bonds. The van der Waals surface area contributed by atoms with Gasteiger partial charge in [0.25, 0.3) is 0 Å². The molecule has 8 heteroatoms. The van der Waals surface area contributed by atoms with Crippen LogP contribution in [0.25, 0.3) is 0 Å². The van der Waals surface area contributed by atoms with E-state index in [1.807, 2.05) is 0 Å². The van der Waals surface area contributed by atoms with Gasteiger partial charge in [0.15, 0.2) is 6.61 Å². The highest BCUT2D eigenvalue weighted by Gasteiger charge is 2.30. The van der Waals surface area contributed by atoms with Crippen molar-refractivity contribution in [1.29, 1.82) is 0 Å². The third-order valence-electron chi connectivity index (χ3n) is 2.33. The molecule has 0 aliphatic carbocycles. The molecule has 110 valence electrons. The molecular formula is C12H13F3N2O3. The van der Waals surface area contributed by atoms with E-state index in [0.717, 1.165) is 4.90 Å². The molecule has 1 aromatic carbocycles. The van der Waals surface area contributed by atoms with Gasteiger partial charge in [-0.15, -0.1) is 0 Å². The number of hydrogen-bond donors (Lipinski definition) is 1. The van der Waals surface area contributed by atoms with Crippen molar-refractivity contribution >= 4 is 12.0 Å². The van der Waals surface area contributed by atoms with Crippen LogP contribution >= 0.6 is 0 Å². The van der Waals surface area contributed by atoms with Gasteiger partial charge in [-0.1, -0.05) is 12.1 Å². The van der Waals surface area contributed by atoms with E-state index in [1.54, 1.807) is 12.1 Å². The Labute approximate surface area is 113 Å². The Bertz CT molecular complexity index is 486. The minimum atomic E-state index is -4.56. The average Bonchev–Trinajstić information content (AvgIpc) is 2.35. The topological polar surface area (TPSA) is 72.6 Å². The smallest absolute Gasteiger partial charge is 0.422 e. The second-order valence-corrected chi connectivity index (χ2v) is 4.09. The quantitative estimate of drug-likeness (QED) is 0.920. The molecule has 0 fully saturated rings. The van der Waals surface area contributed by atoms with Gasteiger partial charge in [-0.25, -0.2) is 4.79 Å². The number of carbonyl (C=O) groups excluding carboxylic acids is 2. The van der Waals surface area contributed by atoms with Crippen LogP contribution in [0, 0.1) is 0 Å². The van der Waals surface area contributed by atoms with Crippen LogP contribution < -0.4 is 5.73 Å². The molecule has 0 aliphatic rings. The van der Waals surface area contributed by atoms with Gasteiger partial charge in [0.1, 0.15) is 0 Å². The summed E-state index contributed by atoms with van der Waals surface area (Å²) in [4.78, 5) is 23.1. The Balaban J connectivity index is 2.55. The Morgan fingerprint density at radius 2 is 1.80 bits per heavy atom. The first-order chi connectivity index (χ1) is 9.19. The summed E-state index contributed by atoms with van der Waals surface area (Å²) < 4.78 is 39.8. The summed E-state index contributed by atoms with van der Waals surface area (Å²) in [6.45, 7) is -1.58. The number of nitrogens with two attached hydrogens (primary N) is 1. The molecule has 0 unspecified atom stereocenters. The van der Waals surface area contributed by atoms with Crippen LogP contribution in [-0.4, -0.2) is 36.7 Å². The summed E-state index contributed by atoms with van der Waals surface area (Å²) in [7, 11) is 1.31. The first-order valence-corrected chi connectivity index (χ1v) is 5.52. The van der Waals surface area contributed by atoms with Crippen LogP contribution in [0.1, 0.15) is 15.9 Å². The van der Waals surface area contributed by atoms with Crippen molar-refractivity contribution in [3.63, 3.8) is 0 Å². The SMILES string of the molecule is CN(Cc1ccc(C(N)=O)cc1)C(=O)OCC(F)(F)F. The van der Waals surface area contributed by atoms with Crippen LogP contribution in [0.4, 0.5) is 18.0 Å². The van der Waals surface area contributed by atoms with E-state index in [0.29, 0.717) is 11.1 Å². The first kappa shape index (κ1) is 15.8. The Morgan fingerprint density at radius 3 is 2.25 bits per heavy atom. The number of alkyl halides is 3. The van der Waals surface area contributed by atoms with Crippen molar-refractivity contribution in [2.45, 2.75) is 12.7 Å². The fourth-order valence-electron chi connectivity index (χ4n) is 1.37. The maximum atomic E-state index is 11.9. The average molecular weight is 290 g/mol. The molecule has 1 aromatic rings. The number of rotatable bonds is 4. The van der Waals surface area contributed by atoms with E-state index >= 15 is 0 Å². The minimum Gasteiger partial charge on any atom is -0.440 e. The van der Waals surface area contributed by atoms with Crippen molar-refractivity contribution in [2.75, 3.05) is 13.7 Å². The molecule has 0 heterocycles. The molecular weight excluding hydrogens is 277 g/mol. The summed E-state index contributed by atoms with van der Waals surface area (Å²) in [6.07, 6.45) is -5.64. The van der Waals surface area contributed by atoms with Crippen molar-refractivity contribution < 1.29 is 27.5 Å². The molecule has 20 heavy (non-hydrogen) atoms. The van der Waals surface area contributed by atoms with E-state index < -0.39 is 24.8 Å². The fourth-order valence-corrected chi connectivity index (χ4v) is 1.37. The van der Waals surface area contributed by atoms with Crippen LogP contribution in [0.2, 0.25) is 0 Å². The lowest BCUT2D eigenvalue weighted by molar-refractivity contribution is -0.162. The minimum absolute atomic E-state index is 0.0513. The molecule has 0 atom stereocenters. The summed E-state index contributed by atoms with van der Waals surface area (Å²) in [6, 6.07) is 6.03. The molecule has 5 nitrogen and oxygen atoms in total. The van der Waals surface area contributed by atoms with Crippen LogP contribution in [-0.2, 0) is 11.3 Å². The number of halogens is 3. The zero-order valence-electron chi connectivity index (χ0n) is 10.6. The molecule has 0 aliphatic heterocycles. The maximum Gasteiger partial charge on any atom is 0.422 e. The normalized spacial score (nSPS) is 11.0. The Kier molecular flexibility index (Phi) is 4.95. The molecule has 0 bridgehead atoms. The van der Waals surface area contributed by atoms with Gasteiger partial charge in [0.2, 0.25) is 5.91 Å². The highest BCUT2D eigenvalue weighted by Crippen LogP contribution is 2.15. The zero-order chi connectivity index (χ0) is 15.3. The summed E-state index contributed by atoms with van der Waals surface area (Å²) in [5.74, 6) is -0.588. The van der Waals surface area contributed by atoms with Gasteiger partial charge in [-0.2, -0.15) is 13.2 Å². The van der Waals surface area contributed by atoms with Gasteiger partial charge >= 0.3 is 12.3 Å². The van der Waals surface area contributed by atoms with E-state index in [2.05, 4.69) is 4.74 Å². The molecule has 1 rings (SSSR count). The number of hydrogen-bond acceptors (Lipinski definition) is 3. The molecule has 0 saturated carbocycles. The molecule has 0 saturated heterocycles. The van der Waals surface area contributed by atoms with Gasteiger partial charge in [-0.3, -0.25) is 4.79 Å². The van der Waals surface area contributed by atoms with Crippen molar-refractivity contribution in [3.05, 3.63) is 35.4 Å². The summed E-state index contributed by atoms with van der Waals surface area (Å²) in [5.41, 5.74) is 5.99.